The smallest absolute Gasteiger partial charge is 0.409 e. The highest BCUT2D eigenvalue weighted by Crippen LogP contribution is 2.20. The summed E-state index contributed by atoms with van der Waals surface area (Å²) < 4.78 is 16.0. The number of amides is 1. The van der Waals surface area contributed by atoms with Gasteiger partial charge in [-0.05, 0) is 38.8 Å². The van der Waals surface area contributed by atoms with Crippen LogP contribution in [0.3, 0.4) is 0 Å². The number of rotatable bonds is 7. The van der Waals surface area contributed by atoms with Crippen molar-refractivity contribution < 1.29 is 19.0 Å². The second kappa shape index (κ2) is 12.5. The second-order valence-electron chi connectivity index (χ2n) is 6.44. The van der Waals surface area contributed by atoms with Crippen molar-refractivity contribution in [2.75, 3.05) is 33.4 Å². The Hall–Kier alpha value is -1.91. The van der Waals surface area contributed by atoms with Crippen LogP contribution in [0.1, 0.15) is 26.7 Å². The van der Waals surface area contributed by atoms with E-state index in [0.29, 0.717) is 32.2 Å². The Morgan fingerprint density at radius 2 is 2.04 bits per heavy atom. The zero-order valence-electron chi connectivity index (χ0n) is 16.7. The SMILES string of the molecule is CCOC(=O)N1CCC(NC(N)=NCC(C)Oc2cccc(OC)c2)CC1.I. The number of aliphatic imine (C=N–C) groups is 1. The van der Waals surface area contributed by atoms with E-state index < -0.39 is 0 Å². The minimum absolute atomic E-state index is 0. The highest BCUT2D eigenvalue weighted by atomic mass is 127. The van der Waals surface area contributed by atoms with E-state index >= 15 is 0 Å². The number of likely N-dealkylation sites (tertiary alicyclic amines) is 1. The number of hydrogen-bond donors (Lipinski definition) is 2. The summed E-state index contributed by atoms with van der Waals surface area (Å²) in [5, 5.41) is 3.22. The summed E-state index contributed by atoms with van der Waals surface area (Å²) in [4.78, 5) is 17.8. The molecule has 0 saturated carbocycles. The molecule has 1 atom stereocenters. The number of ether oxygens (including phenoxy) is 3. The standard InChI is InChI=1S/C19H30N4O4.HI/c1-4-26-19(24)23-10-8-15(9-11-23)22-18(20)21-13-14(2)27-17-7-5-6-16(12-17)25-3;/h5-7,12,14-15H,4,8-11,13H2,1-3H3,(H3,20,21,22);1H. The van der Waals surface area contributed by atoms with E-state index in [9.17, 15) is 4.79 Å². The summed E-state index contributed by atoms with van der Waals surface area (Å²) in [6.07, 6.45) is 1.25. The van der Waals surface area contributed by atoms with Gasteiger partial charge >= 0.3 is 6.09 Å². The molecule has 1 aromatic rings. The highest BCUT2D eigenvalue weighted by molar-refractivity contribution is 14.0. The molecule has 0 spiro atoms. The molecule has 1 saturated heterocycles. The minimum atomic E-state index is -0.249. The molecular weight excluding hydrogens is 475 g/mol. The van der Waals surface area contributed by atoms with Gasteiger partial charge in [0, 0.05) is 25.2 Å². The third-order valence-corrected chi connectivity index (χ3v) is 4.27. The lowest BCUT2D eigenvalue weighted by molar-refractivity contribution is 0.0963. The number of guanidine groups is 1. The normalized spacial score (nSPS) is 16.0. The van der Waals surface area contributed by atoms with Gasteiger partial charge in [-0.15, -0.1) is 24.0 Å². The summed E-state index contributed by atoms with van der Waals surface area (Å²) in [5.41, 5.74) is 5.99. The van der Waals surface area contributed by atoms with E-state index in [1.165, 1.54) is 0 Å². The molecule has 9 heteroatoms. The predicted octanol–water partition coefficient (Wildman–Crippen LogP) is 2.61. The Morgan fingerprint density at radius 3 is 2.68 bits per heavy atom. The number of nitrogens with zero attached hydrogens (tertiary/aromatic N) is 2. The van der Waals surface area contributed by atoms with Crippen molar-refractivity contribution in [3.05, 3.63) is 24.3 Å². The number of nitrogens with two attached hydrogens (primary N) is 1. The molecule has 1 aromatic carbocycles. The summed E-state index contributed by atoms with van der Waals surface area (Å²) in [5.74, 6) is 1.87. The number of methoxy groups -OCH3 is 1. The van der Waals surface area contributed by atoms with Crippen molar-refractivity contribution >= 4 is 36.0 Å². The molecule has 1 aliphatic rings. The Balaban J connectivity index is 0.00000392. The Morgan fingerprint density at radius 1 is 1.36 bits per heavy atom. The molecule has 2 rings (SSSR count). The lowest BCUT2D eigenvalue weighted by Crippen LogP contribution is -2.48. The number of piperidine rings is 1. The van der Waals surface area contributed by atoms with Crippen molar-refractivity contribution in [1.82, 2.24) is 10.2 Å². The number of benzene rings is 1. The van der Waals surface area contributed by atoms with Crippen LogP contribution in [-0.4, -0.2) is 62.4 Å². The average Bonchev–Trinajstić information content (AvgIpc) is 2.67. The predicted molar refractivity (Wildman–Crippen MR) is 120 cm³/mol. The van der Waals surface area contributed by atoms with Gasteiger partial charge in [-0.3, -0.25) is 0 Å². The van der Waals surface area contributed by atoms with Gasteiger partial charge in [-0.2, -0.15) is 0 Å². The molecule has 8 nitrogen and oxygen atoms in total. The Bertz CT molecular complexity index is 636. The van der Waals surface area contributed by atoms with E-state index in [1.807, 2.05) is 38.1 Å². The average molecular weight is 506 g/mol. The zero-order valence-corrected chi connectivity index (χ0v) is 19.1. The first-order valence-electron chi connectivity index (χ1n) is 9.30. The van der Waals surface area contributed by atoms with Gasteiger partial charge in [0.2, 0.25) is 0 Å². The molecule has 0 aromatic heterocycles. The van der Waals surface area contributed by atoms with Crippen LogP contribution in [0, 0.1) is 0 Å². The van der Waals surface area contributed by atoms with Crippen LogP contribution in [0.15, 0.2) is 29.3 Å². The van der Waals surface area contributed by atoms with Crippen molar-refractivity contribution in [1.29, 1.82) is 0 Å². The summed E-state index contributed by atoms with van der Waals surface area (Å²) in [6.45, 7) is 5.89. The van der Waals surface area contributed by atoms with Gasteiger partial charge in [0.05, 0.1) is 20.3 Å². The maximum Gasteiger partial charge on any atom is 0.409 e. The van der Waals surface area contributed by atoms with Crippen LogP contribution in [0.2, 0.25) is 0 Å². The lowest BCUT2D eigenvalue weighted by atomic mass is 10.1. The second-order valence-corrected chi connectivity index (χ2v) is 6.44. The van der Waals surface area contributed by atoms with Crippen molar-refractivity contribution in [2.45, 2.75) is 38.8 Å². The maximum absolute atomic E-state index is 11.7. The van der Waals surface area contributed by atoms with Crippen LogP contribution >= 0.6 is 24.0 Å². The number of carbonyl (C=O) groups is 1. The Labute approximate surface area is 183 Å². The van der Waals surface area contributed by atoms with Gasteiger partial charge in [0.25, 0.3) is 0 Å². The Kier molecular flexibility index (Phi) is 10.8. The highest BCUT2D eigenvalue weighted by Gasteiger charge is 2.23. The van der Waals surface area contributed by atoms with E-state index in [2.05, 4.69) is 10.3 Å². The fraction of sp³-hybridized carbons (Fsp3) is 0.579. The number of nitrogens with one attached hydrogen (secondary N) is 1. The maximum atomic E-state index is 11.7. The molecule has 0 radical (unpaired) electrons. The first-order valence-corrected chi connectivity index (χ1v) is 9.30. The molecule has 1 aliphatic heterocycles. The minimum Gasteiger partial charge on any atom is -0.497 e. The number of halogens is 1. The molecule has 0 aliphatic carbocycles. The van der Waals surface area contributed by atoms with Crippen LogP contribution in [0.25, 0.3) is 0 Å². The zero-order chi connectivity index (χ0) is 19.6. The van der Waals surface area contributed by atoms with Crippen LogP contribution in [-0.2, 0) is 4.74 Å². The third kappa shape index (κ3) is 7.99. The fourth-order valence-electron chi connectivity index (χ4n) is 2.85. The number of carbonyl (C=O) groups excluding carboxylic acids is 1. The first kappa shape index (κ1) is 24.1. The van der Waals surface area contributed by atoms with Gasteiger partial charge in [-0.1, -0.05) is 6.07 Å². The molecule has 1 fully saturated rings. The van der Waals surface area contributed by atoms with E-state index in [4.69, 9.17) is 19.9 Å². The van der Waals surface area contributed by atoms with Crippen molar-refractivity contribution in [3.63, 3.8) is 0 Å². The lowest BCUT2D eigenvalue weighted by Gasteiger charge is -2.31. The van der Waals surface area contributed by atoms with Crippen LogP contribution in [0.4, 0.5) is 4.79 Å². The van der Waals surface area contributed by atoms with Gasteiger partial charge in [-0.25, -0.2) is 9.79 Å². The van der Waals surface area contributed by atoms with Crippen molar-refractivity contribution in [3.8, 4) is 11.5 Å². The van der Waals surface area contributed by atoms with Crippen LogP contribution in [0.5, 0.6) is 11.5 Å². The van der Waals surface area contributed by atoms with Crippen LogP contribution < -0.4 is 20.5 Å². The molecule has 28 heavy (non-hydrogen) atoms. The first-order chi connectivity index (χ1) is 13.0. The molecule has 1 heterocycles. The molecule has 1 unspecified atom stereocenters. The van der Waals surface area contributed by atoms with E-state index in [-0.39, 0.29) is 42.2 Å². The summed E-state index contributed by atoms with van der Waals surface area (Å²) in [6, 6.07) is 7.66. The molecule has 1 amide bonds. The molecule has 3 N–H and O–H groups in total. The van der Waals surface area contributed by atoms with Crippen molar-refractivity contribution in [2.24, 2.45) is 10.7 Å². The van der Waals surface area contributed by atoms with Gasteiger partial charge in [0.1, 0.15) is 17.6 Å². The molecular formula is C19H31IN4O4. The molecule has 158 valence electrons. The van der Waals surface area contributed by atoms with Gasteiger partial charge < -0.3 is 30.2 Å². The quantitative estimate of drug-likeness (QED) is 0.335. The van der Waals surface area contributed by atoms with Gasteiger partial charge in [0.15, 0.2) is 5.96 Å². The summed E-state index contributed by atoms with van der Waals surface area (Å²) >= 11 is 0. The van der Waals surface area contributed by atoms with E-state index in [1.54, 1.807) is 12.0 Å². The molecule has 0 bridgehead atoms. The topological polar surface area (TPSA) is 98.4 Å². The monoisotopic (exact) mass is 506 g/mol. The van der Waals surface area contributed by atoms with E-state index in [0.717, 1.165) is 24.3 Å². The third-order valence-electron chi connectivity index (χ3n) is 4.27. The summed E-state index contributed by atoms with van der Waals surface area (Å²) in [7, 11) is 1.62. The fourth-order valence-corrected chi connectivity index (χ4v) is 2.85. The number of hydrogen-bond acceptors (Lipinski definition) is 5. The largest absolute Gasteiger partial charge is 0.497 e.